The van der Waals surface area contributed by atoms with Crippen molar-refractivity contribution < 1.29 is 9.90 Å². The molecule has 0 aliphatic heterocycles. The molecule has 0 aromatic heterocycles. The number of hydrogen-bond acceptors (Lipinski definition) is 3. The number of carbonyl (C=O) groups is 1. The molecule has 0 radical (unpaired) electrons. The monoisotopic (exact) mass is 248 g/mol. The van der Waals surface area contributed by atoms with E-state index in [0.29, 0.717) is 31.6 Å². The average molecular weight is 248 g/mol. The van der Waals surface area contributed by atoms with Crippen molar-refractivity contribution in [1.29, 1.82) is 0 Å². The maximum atomic E-state index is 12.3. The van der Waals surface area contributed by atoms with Crippen molar-refractivity contribution in [2.75, 3.05) is 26.2 Å². The number of aliphatic hydroxyl groups is 1. The van der Waals surface area contributed by atoms with Crippen LogP contribution in [0.1, 0.15) is 15.9 Å². The van der Waals surface area contributed by atoms with E-state index in [0.717, 1.165) is 5.56 Å². The van der Waals surface area contributed by atoms with Crippen LogP contribution in [0.25, 0.3) is 0 Å². The van der Waals surface area contributed by atoms with Crippen LogP contribution in [0, 0.1) is 0 Å². The molecular weight excluding hydrogens is 228 g/mol. The SMILES string of the molecule is C=CCN(CCO)C(=O)c1ccccc1CCN. The first-order valence-electron chi connectivity index (χ1n) is 6.03. The van der Waals surface area contributed by atoms with Gasteiger partial charge >= 0.3 is 0 Å². The summed E-state index contributed by atoms with van der Waals surface area (Å²) in [7, 11) is 0. The largest absolute Gasteiger partial charge is 0.395 e. The second-order valence-corrected chi connectivity index (χ2v) is 3.96. The van der Waals surface area contributed by atoms with Gasteiger partial charge in [0.15, 0.2) is 0 Å². The molecule has 0 saturated heterocycles. The summed E-state index contributed by atoms with van der Waals surface area (Å²) in [6.45, 7) is 4.81. The van der Waals surface area contributed by atoms with E-state index in [-0.39, 0.29) is 12.5 Å². The minimum atomic E-state index is -0.0898. The van der Waals surface area contributed by atoms with Gasteiger partial charge in [0, 0.05) is 18.7 Å². The third kappa shape index (κ3) is 3.68. The number of nitrogens with zero attached hydrogens (tertiary/aromatic N) is 1. The Balaban J connectivity index is 2.96. The third-order valence-electron chi connectivity index (χ3n) is 2.67. The van der Waals surface area contributed by atoms with Gasteiger partial charge in [-0.25, -0.2) is 0 Å². The van der Waals surface area contributed by atoms with Crippen LogP contribution >= 0.6 is 0 Å². The van der Waals surface area contributed by atoms with Gasteiger partial charge in [-0.3, -0.25) is 4.79 Å². The zero-order chi connectivity index (χ0) is 13.4. The molecule has 1 aromatic carbocycles. The Labute approximate surface area is 108 Å². The quantitative estimate of drug-likeness (QED) is 0.702. The Bertz CT molecular complexity index is 405. The van der Waals surface area contributed by atoms with E-state index in [9.17, 15) is 4.79 Å². The smallest absolute Gasteiger partial charge is 0.254 e. The Hall–Kier alpha value is -1.65. The maximum Gasteiger partial charge on any atom is 0.254 e. The van der Waals surface area contributed by atoms with Gasteiger partial charge in [-0.1, -0.05) is 24.3 Å². The number of amides is 1. The molecular formula is C14H20N2O2. The fraction of sp³-hybridized carbons (Fsp3) is 0.357. The van der Waals surface area contributed by atoms with Gasteiger partial charge < -0.3 is 15.7 Å². The van der Waals surface area contributed by atoms with Crippen molar-refractivity contribution in [3.63, 3.8) is 0 Å². The van der Waals surface area contributed by atoms with Gasteiger partial charge in [0.2, 0.25) is 0 Å². The third-order valence-corrected chi connectivity index (χ3v) is 2.67. The summed E-state index contributed by atoms with van der Waals surface area (Å²) in [5, 5.41) is 8.98. The molecule has 4 heteroatoms. The zero-order valence-electron chi connectivity index (χ0n) is 10.5. The van der Waals surface area contributed by atoms with Crippen LogP contribution in [-0.2, 0) is 6.42 Å². The molecule has 0 bridgehead atoms. The van der Waals surface area contributed by atoms with Crippen LogP contribution in [0.5, 0.6) is 0 Å². The Morgan fingerprint density at radius 1 is 1.44 bits per heavy atom. The number of rotatable bonds is 7. The summed E-state index contributed by atoms with van der Waals surface area (Å²) in [6, 6.07) is 7.43. The molecule has 3 N–H and O–H groups in total. The lowest BCUT2D eigenvalue weighted by Gasteiger charge is -2.21. The highest BCUT2D eigenvalue weighted by atomic mass is 16.3. The van der Waals surface area contributed by atoms with E-state index in [4.69, 9.17) is 10.8 Å². The molecule has 0 aliphatic rings. The summed E-state index contributed by atoms with van der Waals surface area (Å²) in [6.07, 6.45) is 2.32. The highest BCUT2D eigenvalue weighted by Gasteiger charge is 2.16. The first-order chi connectivity index (χ1) is 8.74. The number of carbonyl (C=O) groups excluding carboxylic acids is 1. The maximum absolute atomic E-state index is 12.3. The first-order valence-corrected chi connectivity index (χ1v) is 6.03. The van der Waals surface area contributed by atoms with Crippen molar-refractivity contribution in [3.8, 4) is 0 Å². The van der Waals surface area contributed by atoms with E-state index in [1.165, 1.54) is 0 Å². The zero-order valence-corrected chi connectivity index (χ0v) is 10.5. The van der Waals surface area contributed by atoms with Gasteiger partial charge in [-0.05, 0) is 24.6 Å². The summed E-state index contributed by atoms with van der Waals surface area (Å²) in [4.78, 5) is 13.9. The summed E-state index contributed by atoms with van der Waals surface area (Å²) >= 11 is 0. The fourth-order valence-corrected chi connectivity index (χ4v) is 1.83. The average Bonchev–Trinajstić information content (AvgIpc) is 2.39. The molecule has 0 heterocycles. The van der Waals surface area contributed by atoms with E-state index in [1.54, 1.807) is 17.0 Å². The molecule has 0 atom stereocenters. The molecule has 0 aliphatic carbocycles. The van der Waals surface area contributed by atoms with Gasteiger partial charge in [-0.15, -0.1) is 6.58 Å². The molecule has 0 unspecified atom stereocenters. The van der Waals surface area contributed by atoms with Gasteiger partial charge in [0.25, 0.3) is 5.91 Å². The molecule has 1 amide bonds. The lowest BCUT2D eigenvalue weighted by Crippen LogP contribution is -2.34. The molecule has 0 spiro atoms. The van der Waals surface area contributed by atoms with Crippen LogP contribution < -0.4 is 5.73 Å². The molecule has 0 fully saturated rings. The minimum absolute atomic E-state index is 0.0569. The van der Waals surface area contributed by atoms with Crippen LogP contribution in [0.2, 0.25) is 0 Å². The molecule has 4 nitrogen and oxygen atoms in total. The first kappa shape index (κ1) is 14.4. The van der Waals surface area contributed by atoms with Crippen molar-refractivity contribution in [2.45, 2.75) is 6.42 Å². The number of aliphatic hydroxyl groups excluding tert-OH is 1. The summed E-state index contributed by atoms with van der Waals surface area (Å²) in [5.74, 6) is -0.0898. The number of hydrogen-bond donors (Lipinski definition) is 2. The lowest BCUT2D eigenvalue weighted by molar-refractivity contribution is 0.0742. The Kier molecular flexibility index (Phi) is 6.11. The minimum Gasteiger partial charge on any atom is -0.395 e. The van der Waals surface area contributed by atoms with Gasteiger partial charge in [-0.2, -0.15) is 0 Å². The second kappa shape index (κ2) is 7.63. The number of nitrogens with two attached hydrogens (primary N) is 1. The van der Waals surface area contributed by atoms with Gasteiger partial charge in [0.1, 0.15) is 0 Å². The van der Waals surface area contributed by atoms with E-state index in [1.807, 2.05) is 18.2 Å². The molecule has 1 aromatic rings. The van der Waals surface area contributed by atoms with Crippen LogP contribution in [-0.4, -0.2) is 42.2 Å². The Morgan fingerprint density at radius 3 is 2.78 bits per heavy atom. The normalized spacial score (nSPS) is 10.1. The predicted octanol–water partition coefficient (Wildman–Crippen LogP) is 0.808. The fourth-order valence-electron chi connectivity index (χ4n) is 1.83. The molecule has 18 heavy (non-hydrogen) atoms. The summed E-state index contributed by atoms with van der Waals surface area (Å²) in [5.41, 5.74) is 7.13. The van der Waals surface area contributed by atoms with E-state index >= 15 is 0 Å². The van der Waals surface area contributed by atoms with E-state index < -0.39 is 0 Å². The van der Waals surface area contributed by atoms with Crippen LogP contribution in [0.3, 0.4) is 0 Å². The van der Waals surface area contributed by atoms with Crippen molar-refractivity contribution >= 4 is 5.91 Å². The summed E-state index contributed by atoms with van der Waals surface area (Å²) < 4.78 is 0. The lowest BCUT2D eigenvalue weighted by atomic mass is 10.0. The van der Waals surface area contributed by atoms with Gasteiger partial charge in [0.05, 0.1) is 6.61 Å². The van der Waals surface area contributed by atoms with Crippen LogP contribution in [0.15, 0.2) is 36.9 Å². The molecule has 98 valence electrons. The highest BCUT2D eigenvalue weighted by Crippen LogP contribution is 2.12. The molecule has 1 rings (SSSR count). The van der Waals surface area contributed by atoms with Crippen molar-refractivity contribution in [1.82, 2.24) is 4.90 Å². The van der Waals surface area contributed by atoms with Crippen LogP contribution in [0.4, 0.5) is 0 Å². The standard InChI is InChI=1S/C14H20N2O2/c1-2-9-16(10-11-17)14(18)13-6-4-3-5-12(13)7-8-15/h2-6,17H,1,7-11,15H2. The predicted molar refractivity (Wildman–Crippen MR) is 72.4 cm³/mol. The highest BCUT2D eigenvalue weighted by molar-refractivity contribution is 5.95. The van der Waals surface area contributed by atoms with E-state index in [2.05, 4.69) is 6.58 Å². The van der Waals surface area contributed by atoms with Crippen molar-refractivity contribution in [3.05, 3.63) is 48.0 Å². The molecule has 0 saturated carbocycles. The number of benzene rings is 1. The van der Waals surface area contributed by atoms with Crippen molar-refractivity contribution in [2.24, 2.45) is 5.73 Å². The Morgan fingerprint density at radius 2 is 2.17 bits per heavy atom. The second-order valence-electron chi connectivity index (χ2n) is 3.96. The topological polar surface area (TPSA) is 66.6 Å².